The maximum atomic E-state index is 12.2. The lowest BCUT2D eigenvalue weighted by atomic mass is 10.1. The van der Waals surface area contributed by atoms with Crippen molar-refractivity contribution in [2.75, 3.05) is 13.1 Å². The number of carbonyl (C=O) groups excluding carboxylic acids is 1. The normalized spacial score (nSPS) is 23.4. The third-order valence-corrected chi connectivity index (χ3v) is 5.41. The van der Waals surface area contributed by atoms with Crippen molar-refractivity contribution < 1.29 is 4.79 Å². The third kappa shape index (κ3) is 7.07. The second-order valence-corrected chi connectivity index (χ2v) is 7.50. The Kier molecular flexibility index (Phi) is 10.6. The monoisotopic (exact) mass is 401 g/mol. The standard InChI is InChI=1S/C20H31N3O.2ClH/c21-19-9-8-18(13-19)20(24)22-14-16-6-5-7-17(12-16)15-23-10-3-1-2-4-11-23;;/h5-7,12,18-19H,1-4,8-11,13-15,21H2,(H,22,24);2*1H. The Labute approximate surface area is 170 Å². The number of hydrogen-bond donors (Lipinski definition) is 2. The summed E-state index contributed by atoms with van der Waals surface area (Å²) in [6.45, 7) is 4.07. The molecule has 0 radical (unpaired) electrons. The number of nitrogens with zero attached hydrogens (tertiary/aromatic N) is 1. The highest BCUT2D eigenvalue weighted by Crippen LogP contribution is 2.24. The second kappa shape index (κ2) is 11.8. The third-order valence-electron chi connectivity index (χ3n) is 5.41. The van der Waals surface area contributed by atoms with Gasteiger partial charge in [0.2, 0.25) is 5.91 Å². The van der Waals surface area contributed by atoms with Crippen molar-refractivity contribution in [3.8, 4) is 0 Å². The SMILES string of the molecule is Cl.Cl.NC1CCC(C(=O)NCc2cccc(CN3CCCCCC3)c2)C1. The van der Waals surface area contributed by atoms with Crippen LogP contribution in [0.25, 0.3) is 0 Å². The van der Waals surface area contributed by atoms with Crippen LogP contribution in [0.2, 0.25) is 0 Å². The first-order valence-corrected chi connectivity index (χ1v) is 9.54. The largest absolute Gasteiger partial charge is 0.352 e. The summed E-state index contributed by atoms with van der Waals surface area (Å²) in [5, 5.41) is 3.09. The van der Waals surface area contributed by atoms with Crippen LogP contribution in [0.4, 0.5) is 0 Å². The van der Waals surface area contributed by atoms with Crippen LogP contribution in [0.5, 0.6) is 0 Å². The van der Waals surface area contributed by atoms with Crippen molar-refractivity contribution in [3.05, 3.63) is 35.4 Å². The highest BCUT2D eigenvalue weighted by Gasteiger charge is 2.27. The van der Waals surface area contributed by atoms with Gasteiger partial charge in [0.25, 0.3) is 0 Å². The van der Waals surface area contributed by atoms with Crippen LogP contribution in [-0.2, 0) is 17.9 Å². The fourth-order valence-electron chi connectivity index (χ4n) is 3.98. The summed E-state index contributed by atoms with van der Waals surface area (Å²) < 4.78 is 0. The van der Waals surface area contributed by atoms with Gasteiger partial charge >= 0.3 is 0 Å². The Morgan fingerprint density at radius 2 is 1.77 bits per heavy atom. The lowest BCUT2D eigenvalue weighted by molar-refractivity contribution is -0.125. The Hall–Kier alpha value is -0.810. The zero-order chi connectivity index (χ0) is 16.8. The highest BCUT2D eigenvalue weighted by atomic mass is 35.5. The van der Waals surface area contributed by atoms with Gasteiger partial charge in [0.15, 0.2) is 0 Å². The van der Waals surface area contributed by atoms with Crippen LogP contribution in [0, 0.1) is 5.92 Å². The molecule has 1 aromatic rings. The number of carbonyl (C=O) groups is 1. The lowest BCUT2D eigenvalue weighted by Gasteiger charge is -2.20. The average molecular weight is 402 g/mol. The molecule has 0 spiro atoms. The molecular weight excluding hydrogens is 369 g/mol. The molecule has 1 amide bonds. The van der Waals surface area contributed by atoms with E-state index >= 15 is 0 Å². The van der Waals surface area contributed by atoms with Crippen molar-refractivity contribution in [1.82, 2.24) is 10.2 Å². The minimum atomic E-state index is 0. The van der Waals surface area contributed by atoms with E-state index in [-0.39, 0.29) is 42.7 Å². The van der Waals surface area contributed by atoms with Crippen molar-refractivity contribution in [3.63, 3.8) is 0 Å². The molecular formula is C20H33Cl2N3O. The van der Waals surface area contributed by atoms with Crippen molar-refractivity contribution in [2.24, 2.45) is 11.7 Å². The number of nitrogens with one attached hydrogen (secondary N) is 1. The molecule has 2 aliphatic rings. The van der Waals surface area contributed by atoms with E-state index in [4.69, 9.17) is 5.73 Å². The van der Waals surface area contributed by atoms with Gasteiger partial charge in [-0.05, 0) is 56.3 Å². The number of hydrogen-bond acceptors (Lipinski definition) is 3. The van der Waals surface area contributed by atoms with Gasteiger partial charge in [-0.2, -0.15) is 0 Å². The molecule has 1 aliphatic carbocycles. The summed E-state index contributed by atoms with van der Waals surface area (Å²) in [6.07, 6.45) is 8.12. The quantitative estimate of drug-likeness (QED) is 0.791. The first kappa shape index (κ1) is 23.2. The van der Waals surface area contributed by atoms with E-state index in [0.717, 1.165) is 25.8 Å². The molecule has 3 rings (SSSR count). The smallest absolute Gasteiger partial charge is 0.223 e. The van der Waals surface area contributed by atoms with Crippen LogP contribution >= 0.6 is 24.8 Å². The van der Waals surface area contributed by atoms with Crippen LogP contribution < -0.4 is 11.1 Å². The van der Waals surface area contributed by atoms with Crippen molar-refractivity contribution >= 4 is 30.7 Å². The van der Waals surface area contributed by atoms with Crippen LogP contribution in [0.1, 0.15) is 56.1 Å². The van der Waals surface area contributed by atoms with E-state index in [1.165, 1.54) is 49.9 Å². The highest BCUT2D eigenvalue weighted by molar-refractivity contribution is 5.85. The number of rotatable bonds is 5. The Bertz CT molecular complexity index is 548. The Morgan fingerprint density at radius 3 is 2.42 bits per heavy atom. The van der Waals surface area contributed by atoms with Gasteiger partial charge in [-0.25, -0.2) is 0 Å². The van der Waals surface area contributed by atoms with Crippen molar-refractivity contribution in [1.29, 1.82) is 0 Å². The molecule has 2 fully saturated rings. The topological polar surface area (TPSA) is 58.4 Å². The molecule has 4 nitrogen and oxygen atoms in total. The zero-order valence-corrected chi connectivity index (χ0v) is 17.1. The van der Waals surface area contributed by atoms with Crippen LogP contribution in [0.3, 0.4) is 0 Å². The van der Waals surface area contributed by atoms with Gasteiger partial charge in [0.1, 0.15) is 0 Å². The minimum absolute atomic E-state index is 0. The molecule has 6 heteroatoms. The molecule has 1 aliphatic heterocycles. The lowest BCUT2D eigenvalue weighted by Crippen LogP contribution is -2.30. The molecule has 0 bridgehead atoms. The van der Waals surface area contributed by atoms with E-state index in [0.29, 0.717) is 6.54 Å². The molecule has 1 saturated heterocycles. The number of likely N-dealkylation sites (tertiary alicyclic amines) is 1. The molecule has 1 saturated carbocycles. The number of benzene rings is 1. The van der Waals surface area contributed by atoms with Crippen LogP contribution in [0.15, 0.2) is 24.3 Å². The molecule has 2 atom stereocenters. The number of nitrogens with two attached hydrogens (primary N) is 1. The Morgan fingerprint density at radius 1 is 1.08 bits per heavy atom. The predicted molar refractivity (Wildman–Crippen MR) is 112 cm³/mol. The minimum Gasteiger partial charge on any atom is -0.352 e. The fraction of sp³-hybridized carbons (Fsp3) is 0.650. The van der Waals surface area contributed by atoms with Gasteiger partial charge in [-0.15, -0.1) is 24.8 Å². The van der Waals surface area contributed by atoms with Gasteiger partial charge in [0, 0.05) is 25.0 Å². The summed E-state index contributed by atoms with van der Waals surface area (Å²) in [4.78, 5) is 14.8. The molecule has 1 aromatic carbocycles. The summed E-state index contributed by atoms with van der Waals surface area (Å²) in [7, 11) is 0. The van der Waals surface area contributed by atoms with Gasteiger partial charge in [0.05, 0.1) is 0 Å². The predicted octanol–water partition coefficient (Wildman–Crippen LogP) is 3.65. The first-order chi connectivity index (χ1) is 11.7. The molecule has 0 aromatic heterocycles. The van der Waals surface area contributed by atoms with E-state index < -0.39 is 0 Å². The second-order valence-electron chi connectivity index (χ2n) is 7.50. The summed E-state index contributed by atoms with van der Waals surface area (Å²) in [5.74, 6) is 0.279. The fourth-order valence-corrected chi connectivity index (χ4v) is 3.98. The molecule has 3 N–H and O–H groups in total. The summed E-state index contributed by atoms with van der Waals surface area (Å²) in [5.41, 5.74) is 8.45. The van der Waals surface area contributed by atoms with E-state index in [1.807, 2.05) is 0 Å². The zero-order valence-electron chi connectivity index (χ0n) is 15.5. The number of halogens is 2. The maximum Gasteiger partial charge on any atom is 0.223 e. The molecule has 2 unspecified atom stereocenters. The van der Waals surface area contributed by atoms with Gasteiger partial charge < -0.3 is 11.1 Å². The summed E-state index contributed by atoms with van der Waals surface area (Å²) in [6, 6.07) is 8.86. The van der Waals surface area contributed by atoms with Crippen molar-refractivity contribution in [2.45, 2.75) is 64.1 Å². The van der Waals surface area contributed by atoms with Crippen LogP contribution in [-0.4, -0.2) is 29.9 Å². The number of amides is 1. The van der Waals surface area contributed by atoms with E-state index in [2.05, 4.69) is 34.5 Å². The van der Waals surface area contributed by atoms with E-state index in [1.54, 1.807) is 0 Å². The molecule has 148 valence electrons. The van der Waals surface area contributed by atoms with E-state index in [9.17, 15) is 4.79 Å². The van der Waals surface area contributed by atoms with Gasteiger partial charge in [-0.3, -0.25) is 9.69 Å². The average Bonchev–Trinajstić information content (AvgIpc) is 2.86. The van der Waals surface area contributed by atoms with Gasteiger partial charge in [-0.1, -0.05) is 37.1 Å². The molecule has 26 heavy (non-hydrogen) atoms. The first-order valence-electron chi connectivity index (χ1n) is 9.54. The maximum absolute atomic E-state index is 12.2. The Balaban J connectivity index is 0.00000169. The summed E-state index contributed by atoms with van der Waals surface area (Å²) >= 11 is 0. The molecule has 1 heterocycles.